The molecule has 0 amide bonds. The van der Waals surface area contributed by atoms with E-state index in [1.807, 2.05) is 18.2 Å². The molecule has 1 atom stereocenters. The molecule has 0 spiro atoms. The number of rotatable bonds is 7. The van der Waals surface area contributed by atoms with Crippen LogP contribution in [0, 0.1) is 5.92 Å². The molecule has 0 nitrogen and oxygen atoms in total. The normalized spacial score (nSPS) is 12.7. The molecular weight excluding hydrogens is 239 g/mol. The Morgan fingerprint density at radius 3 is 2.56 bits per heavy atom. The van der Waals surface area contributed by atoms with Gasteiger partial charge in [-0.1, -0.05) is 56.0 Å². The Morgan fingerprint density at radius 2 is 1.94 bits per heavy atom. The second kappa shape index (κ2) is 7.97. The Morgan fingerprint density at radius 1 is 1.19 bits per heavy atom. The minimum Gasteiger partial charge on any atom is -0.126 e. The predicted molar refractivity (Wildman–Crippen MR) is 73.5 cm³/mol. The SMILES string of the molecule is CCCCCC(CCl)Cc1ccccc1Cl. The highest BCUT2D eigenvalue weighted by molar-refractivity contribution is 6.31. The van der Waals surface area contributed by atoms with Gasteiger partial charge in [-0.15, -0.1) is 11.6 Å². The molecule has 0 radical (unpaired) electrons. The summed E-state index contributed by atoms with van der Waals surface area (Å²) in [4.78, 5) is 0. The lowest BCUT2D eigenvalue weighted by molar-refractivity contribution is 0.498. The van der Waals surface area contributed by atoms with Crippen LogP contribution in [0.4, 0.5) is 0 Å². The largest absolute Gasteiger partial charge is 0.126 e. The Balaban J connectivity index is 2.46. The molecule has 2 heteroatoms. The third-order valence-electron chi connectivity index (χ3n) is 2.90. The zero-order valence-electron chi connectivity index (χ0n) is 9.89. The van der Waals surface area contributed by atoms with Gasteiger partial charge in [0.1, 0.15) is 0 Å². The van der Waals surface area contributed by atoms with Crippen molar-refractivity contribution >= 4 is 23.2 Å². The lowest BCUT2D eigenvalue weighted by atomic mass is 9.95. The summed E-state index contributed by atoms with van der Waals surface area (Å²) in [6.07, 6.45) is 6.06. The van der Waals surface area contributed by atoms with Crippen molar-refractivity contribution in [2.45, 2.75) is 39.0 Å². The number of benzene rings is 1. The molecule has 1 rings (SSSR count). The van der Waals surface area contributed by atoms with Gasteiger partial charge < -0.3 is 0 Å². The summed E-state index contributed by atoms with van der Waals surface area (Å²) in [6.45, 7) is 2.23. The van der Waals surface area contributed by atoms with Crippen LogP contribution in [0.1, 0.15) is 38.2 Å². The van der Waals surface area contributed by atoms with Crippen LogP contribution in [0.2, 0.25) is 5.02 Å². The fourth-order valence-corrected chi connectivity index (χ4v) is 2.37. The highest BCUT2D eigenvalue weighted by Crippen LogP contribution is 2.22. The minimum atomic E-state index is 0.563. The zero-order valence-corrected chi connectivity index (χ0v) is 11.4. The standard InChI is InChI=1S/C14H20Cl2/c1-2-3-4-7-12(11-15)10-13-8-5-6-9-14(13)16/h5-6,8-9,12H,2-4,7,10-11H2,1H3. The van der Waals surface area contributed by atoms with Crippen molar-refractivity contribution < 1.29 is 0 Å². The molecule has 0 saturated heterocycles. The number of halogens is 2. The van der Waals surface area contributed by atoms with Crippen molar-refractivity contribution in [3.05, 3.63) is 34.9 Å². The van der Waals surface area contributed by atoms with Gasteiger partial charge in [0.2, 0.25) is 0 Å². The van der Waals surface area contributed by atoms with E-state index in [1.54, 1.807) is 0 Å². The maximum Gasteiger partial charge on any atom is 0.0438 e. The summed E-state index contributed by atoms with van der Waals surface area (Å²) in [5.74, 6) is 1.29. The van der Waals surface area contributed by atoms with Gasteiger partial charge in [0, 0.05) is 10.9 Å². The molecule has 90 valence electrons. The molecule has 0 N–H and O–H groups in total. The van der Waals surface area contributed by atoms with Crippen molar-refractivity contribution in [3.63, 3.8) is 0 Å². The van der Waals surface area contributed by atoms with Crippen LogP contribution >= 0.6 is 23.2 Å². The van der Waals surface area contributed by atoms with Crippen LogP contribution in [0.3, 0.4) is 0 Å². The van der Waals surface area contributed by atoms with E-state index in [1.165, 1.54) is 31.2 Å². The van der Waals surface area contributed by atoms with Gasteiger partial charge in [-0.05, 0) is 30.4 Å². The third kappa shape index (κ3) is 4.76. The maximum atomic E-state index is 6.14. The summed E-state index contributed by atoms with van der Waals surface area (Å²) in [5.41, 5.74) is 1.23. The topological polar surface area (TPSA) is 0 Å². The minimum absolute atomic E-state index is 0.563. The van der Waals surface area contributed by atoms with E-state index < -0.39 is 0 Å². The lowest BCUT2D eigenvalue weighted by Gasteiger charge is -2.14. The van der Waals surface area contributed by atoms with Crippen LogP contribution in [0.15, 0.2) is 24.3 Å². The Bertz CT molecular complexity index is 297. The van der Waals surface area contributed by atoms with Crippen LogP contribution in [-0.2, 0) is 6.42 Å². The predicted octanol–water partition coefficient (Wildman–Crippen LogP) is 5.32. The first-order valence-electron chi connectivity index (χ1n) is 6.07. The van der Waals surface area contributed by atoms with Crippen LogP contribution in [-0.4, -0.2) is 5.88 Å². The first-order valence-corrected chi connectivity index (χ1v) is 6.98. The van der Waals surface area contributed by atoms with Gasteiger partial charge in [0.25, 0.3) is 0 Å². The molecule has 0 bridgehead atoms. The smallest absolute Gasteiger partial charge is 0.0438 e. The second-order valence-electron chi connectivity index (χ2n) is 4.31. The van der Waals surface area contributed by atoms with Gasteiger partial charge in [0.05, 0.1) is 0 Å². The quantitative estimate of drug-likeness (QED) is 0.459. The molecule has 1 aromatic rings. The molecule has 1 aromatic carbocycles. The maximum absolute atomic E-state index is 6.14. The van der Waals surface area contributed by atoms with Crippen molar-refractivity contribution in [1.29, 1.82) is 0 Å². The van der Waals surface area contributed by atoms with Crippen molar-refractivity contribution in [2.24, 2.45) is 5.92 Å². The zero-order chi connectivity index (χ0) is 11.8. The van der Waals surface area contributed by atoms with E-state index in [0.717, 1.165) is 17.3 Å². The molecule has 0 aliphatic carbocycles. The van der Waals surface area contributed by atoms with Crippen molar-refractivity contribution in [1.82, 2.24) is 0 Å². The molecule has 0 saturated carbocycles. The van der Waals surface area contributed by atoms with E-state index in [0.29, 0.717) is 5.92 Å². The first-order chi connectivity index (χ1) is 7.77. The average Bonchev–Trinajstić information content (AvgIpc) is 2.30. The Hall–Kier alpha value is -0.200. The van der Waals surface area contributed by atoms with Crippen LogP contribution in [0.5, 0.6) is 0 Å². The third-order valence-corrected chi connectivity index (χ3v) is 3.71. The fourth-order valence-electron chi connectivity index (χ4n) is 1.89. The molecule has 0 aliphatic heterocycles. The molecule has 0 aliphatic rings. The first kappa shape index (κ1) is 13.9. The fraction of sp³-hybridized carbons (Fsp3) is 0.571. The number of alkyl halides is 1. The molecular formula is C14H20Cl2. The molecule has 16 heavy (non-hydrogen) atoms. The summed E-state index contributed by atoms with van der Waals surface area (Å²) in [7, 11) is 0. The van der Waals surface area contributed by atoms with E-state index in [9.17, 15) is 0 Å². The van der Waals surface area contributed by atoms with E-state index in [-0.39, 0.29) is 0 Å². The highest BCUT2D eigenvalue weighted by atomic mass is 35.5. The Labute approximate surface area is 109 Å². The molecule has 0 heterocycles. The van der Waals surface area contributed by atoms with Crippen LogP contribution in [0.25, 0.3) is 0 Å². The summed E-state index contributed by atoms with van der Waals surface area (Å²) in [6, 6.07) is 8.06. The average molecular weight is 259 g/mol. The highest BCUT2D eigenvalue weighted by Gasteiger charge is 2.10. The van der Waals surface area contributed by atoms with Gasteiger partial charge in [-0.25, -0.2) is 0 Å². The van der Waals surface area contributed by atoms with Crippen molar-refractivity contribution in [3.8, 4) is 0 Å². The number of unbranched alkanes of at least 4 members (excludes halogenated alkanes) is 2. The van der Waals surface area contributed by atoms with E-state index in [4.69, 9.17) is 23.2 Å². The van der Waals surface area contributed by atoms with Gasteiger partial charge in [0.15, 0.2) is 0 Å². The van der Waals surface area contributed by atoms with Crippen molar-refractivity contribution in [2.75, 3.05) is 5.88 Å². The summed E-state index contributed by atoms with van der Waals surface area (Å²) >= 11 is 12.1. The number of hydrogen-bond acceptors (Lipinski definition) is 0. The molecule has 0 aromatic heterocycles. The van der Waals surface area contributed by atoms with E-state index >= 15 is 0 Å². The van der Waals surface area contributed by atoms with Gasteiger partial charge in [-0.3, -0.25) is 0 Å². The van der Waals surface area contributed by atoms with Gasteiger partial charge >= 0.3 is 0 Å². The number of hydrogen-bond donors (Lipinski definition) is 0. The van der Waals surface area contributed by atoms with Gasteiger partial charge in [-0.2, -0.15) is 0 Å². The summed E-state index contributed by atoms with van der Waals surface area (Å²) < 4.78 is 0. The van der Waals surface area contributed by atoms with E-state index in [2.05, 4.69) is 13.0 Å². The molecule has 0 fully saturated rings. The lowest BCUT2D eigenvalue weighted by Crippen LogP contribution is -2.06. The van der Waals surface area contributed by atoms with Crippen LogP contribution < -0.4 is 0 Å². The molecule has 1 unspecified atom stereocenters. The summed E-state index contributed by atoms with van der Waals surface area (Å²) in [5, 5.41) is 0.869. The Kier molecular flexibility index (Phi) is 6.91. The second-order valence-corrected chi connectivity index (χ2v) is 5.03. The monoisotopic (exact) mass is 258 g/mol.